The summed E-state index contributed by atoms with van der Waals surface area (Å²) < 4.78 is 13.4. The van der Waals surface area contributed by atoms with Gasteiger partial charge in [0.25, 0.3) is 5.91 Å². The van der Waals surface area contributed by atoms with Crippen LogP contribution in [0.5, 0.6) is 0 Å². The van der Waals surface area contributed by atoms with E-state index in [4.69, 9.17) is 0 Å². The molecule has 1 fully saturated rings. The zero-order valence-corrected chi connectivity index (χ0v) is 12.8. The van der Waals surface area contributed by atoms with Gasteiger partial charge in [-0.3, -0.25) is 4.79 Å². The zero-order valence-electron chi connectivity index (χ0n) is 12.8. The summed E-state index contributed by atoms with van der Waals surface area (Å²) in [7, 11) is 0. The minimum absolute atomic E-state index is 0.250. The number of hydrogen-bond donors (Lipinski definition) is 2. The largest absolute Gasteiger partial charge is 0.369 e. The van der Waals surface area contributed by atoms with Gasteiger partial charge >= 0.3 is 0 Å². The van der Waals surface area contributed by atoms with E-state index >= 15 is 0 Å². The van der Waals surface area contributed by atoms with E-state index in [0.717, 1.165) is 19.0 Å². The second kappa shape index (κ2) is 7.38. The Morgan fingerprint density at radius 1 is 1.48 bits per heavy atom. The smallest absolute Gasteiger partial charge is 0.255 e. The van der Waals surface area contributed by atoms with Crippen molar-refractivity contribution in [1.82, 2.24) is 10.3 Å². The summed E-state index contributed by atoms with van der Waals surface area (Å²) in [5.41, 5.74) is 0.286. The number of rotatable bonds is 6. The maximum atomic E-state index is 13.4. The fraction of sp³-hybridized carbons (Fsp3) is 0.625. The monoisotopic (exact) mass is 293 g/mol. The molecule has 1 aromatic heterocycles. The summed E-state index contributed by atoms with van der Waals surface area (Å²) in [6, 6.07) is 1.25. The van der Waals surface area contributed by atoms with Gasteiger partial charge in [-0.25, -0.2) is 9.37 Å². The van der Waals surface area contributed by atoms with Crippen LogP contribution in [0.1, 0.15) is 49.9 Å². The van der Waals surface area contributed by atoms with Gasteiger partial charge in [0.1, 0.15) is 11.6 Å². The predicted molar refractivity (Wildman–Crippen MR) is 81.8 cm³/mol. The van der Waals surface area contributed by atoms with Gasteiger partial charge in [-0.1, -0.05) is 26.7 Å². The number of carbonyl (C=O) groups excluding carboxylic acids is 1. The van der Waals surface area contributed by atoms with E-state index in [1.54, 1.807) is 0 Å². The summed E-state index contributed by atoms with van der Waals surface area (Å²) in [5.74, 6) is 0.891. The van der Waals surface area contributed by atoms with Crippen molar-refractivity contribution in [2.45, 2.75) is 39.5 Å². The third-order valence-electron chi connectivity index (χ3n) is 4.21. The maximum Gasteiger partial charge on any atom is 0.255 e. The fourth-order valence-corrected chi connectivity index (χ4v) is 2.84. The van der Waals surface area contributed by atoms with Gasteiger partial charge in [0.15, 0.2) is 0 Å². The Bertz CT molecular complexity index is 492. The quantitative estimate of drug-likeness (QED) is 0.847. The minimum Gasteiger partial charge on any atom is -0.369 e. The highest BCUT2D eigenvalue weighted by atomic mass is 19.1. The standard InChI is InChI=1S/C16H24FN3O/c1-3-7-18-15-14(8-13(17)10-19-15)16(21)20-9-12-6-4-5-11(12)2/h8,10-12H,3-7,9H2,1-2H3,(H,18,19)(H,20,21). The second-order valence-corrected chi connectivity index (χ2v) is 5.85. The number of hydrogen-bond acceptors (Lipinski definition) is 3. The molecule has 2 rings (SSSR count). The van der Waals surface area contributed by atoms with Gasteiger partial charge < -0.3 is 10.6 Å². The van der Waals surface area contributed by atoms with Crippen molar-refractivity contribution in [3.05, 3.63) is 23.6 Å². The Balaban J connectivity index is 2.01. The Kier molecular flexibility index (Phi) is 5.53. The normalized spacial score (nSPS) is 21.3. The summed E-state index contributed by atoms with van der Waals surface area (Å²) in [5, 5.41) is 6.00. The van der Waals surface area contributed by atoms with Crippen molar-refractivity contribution in [1.29, 1.82) is 0 Å². The van der Waals surface area contributed by atoms with Crippen LogP contribution < -0.4 is 10.6 Å². The minimum atomic E-state index is -0.489. The van der Waals surface area contributed by atoms with E-state index < -0.39 is 5.82 Å². The highest BCUT2D eigenvalue weighted by molar-refractivity contribution is 5.98. The number of carbonyl (C=O) groups is 1. The lowest BCUT2D eigenvalue weighted by Gasteiger charge is -2.17. The average Bonchev–Trinajstić information content (AvgIpc) is 2.88. The summed E-state index contributed by atoms with van der Waals surface area (Å²) in [6.45, 7) is 5.61. The van der Waals surface area contributed by atoms with Crippen LogP contribution in [0.25, 0.3) is 0 Å². The summed E-state index contributed by atoms with van der Waals surface area (Å²) in [4.78, 5) is 16.3. The average molecular weight is 293 g/mol. The van der Waals surface area contributed by atoms with Crippen LogP contribution in [-0.2, 0) is 0 Å². The van der Waals surface area contributed by atoms with Gasteiger partial charge in [0, 0.05) is 13.1 Å². The van der Waals surface area contributed by atoms with Gasteiger partial charge in [-0.2, -0.15) is 0 Å². The van der Waals surface area contributed by atoms with E-state index in [1.165, 1.54) is 18.9 Å². The molecule has 1 amide bonds. The van der Waals surface area contributed by atoms with Gasteiger partial charge in [0.05, 0.1) is 11.8 Å². The van der Waals surface area contributed by atoms with Crippen LogP contribution in [0.15, 0.2) is 12.3 Å². The molecule has 0 spiro atoms. The van der Waals surface area contributed by atoms with E-state index in [9.17, 15) is 9.18 Å². The van der Waals surface area contributed by atoms with E-state index in [0.29, 0.717) is 30.7 Å². The van der Waals surface area contributed by atoms with Crippen LogP contribution in [0.4, 0.5) is 10.2 Å². The molecular formula is C16H24FN3O. The Hall–Kier alpha value is -1.65. The van der Waals surface area contributed by atoms with Crippen molar-refractivity contribution < 1.29 is 9.18 Å². The van der Waals surface area contributed by atoms with E-state index in [2.05, 4.69) is 22.5 Å². The molecule has 1 saturated carbocycles. The molecule has 2 N–H and O–H groups in total. The highest BCUT2D eigenvalue weighted by Crippen LogP contribution is 2.30. The van der Waals surface area contributed by atoms with Crippen LogP contribution in [-0.4, -0.2) is 24.0 Å². The fourth-order valence-electron chi connectivity index (χ4n) is 2.84. The number of anilines is 1. The first kappa shape index (κ1) is 15.7. The molecule has 4 nitrogen and oxygen atoms in total. The SMILES string of the molecule is CCCNc1ncc(F)cc1C(=O)NCC1CCCC1C. The molecule has 21 heavy (non-hydrogen) atoms. The van der Waals surface area contributed by atoms with Gasteiger partial charge in [0.2, 0.25) is 0 Å². The molecular weight excluding hydrogens is 269 g/mol. The maximum absolute atomic E-state index is 13.4. The third kappa shape index (κ3) is 4.16. The van der Waals surface area contributed by atoms with Crippen LogP contribution in [0, 0.1) is 17.7 Å². The first-order valence-electron chi connectivity index (χ1n) is 7.79. The lowest BCUT2D eigenvalue weighted by atomic mass is 9.98. The van der Waals surface area contributed by atoms with Crippen molar-refractivity contribution >= 4 is 11.7 Å². The molecule has 0 aliphatic heterocycles. The lowest BCUT2D eigenvalue weighted by Crippen LogP contribution is -2.31. The Morgan fingerprint density at radius 2 is 2.29 bits per heavy atom. The number of nitrogens with zero attached hydrogens (tertiary/aromatic N) is 1. The summed E-state index contributed by atoms with van der Waals surface area (Å²) in [6.07, 6.45) is 5.66. The highest BCUT2D eigenvalue weighted by Gasteiger charge is 2.24. The van der Waals surface area contributed by atoms with Crippen molar-refractivity contribution in [3.8, 4) is 0 Å². The number of pyridine rings is 1. The molecule has 2 unspecified atom stereocenters. The Morgan fingerprint density at radius 3 is 2.95 bits per heavy atom. The molecule has 116 valence electrons. The van der Waals surface area contributed by atoms with Crippen molar-refractivity contribution in [3.63, 3.8) is 0 Å². The van der Waals surface area contributed by atoms with Gasteiger partial charge in [-0.05, 0) is 30.7 Å². The van der Waals surface area contributed by atoms with Crippen LogP contribution in [0.2, 0.25) is 0 Å². The topological polar surface area (TPSA) is 54.0 Å². The Labute approximate surface area is 125 Å². The second-order valence-electron chi connectivity index (χ2n) is 5.85. The van der Waals surface area contributed by atoms with Crippen LogP contribution >= 0.6 is 0 Å². The number of amides is 1. The van der Waals surface area contributed by atoms with Crippen molar-refractivity contribution in [2.24, 2.45) is 11.8 Å². The molecule has 0 bridgehead atoms. The first-order chi connectivity index (χ1) is 10.1. The molecule has 0 radical (unpaired) electrons. The molecule has 1 aromatic rings. The van der Waals surface area contributed by atoms with E-state index in [1.807, 2.05) is 6.92 Å². The molecule has 0 saturated heterocycles. The third-order valence-corrected chi connectivity index (χ3v) is 4.21. The summed E-state index contributed by atoms with van der Waals surface area (Å²) >= 11 is 0. The molecule has 1 aliphatic rings. The molecule has 0 aromatic carbocycles. The first-order valence-corrected chi connectivity index (χ1v) is 7.79. The number of nitrogens with one attached hydrogen (secondary N) is 2. The van der Waals surface area contributed by atoms with Crippen LogP contribution in [0.3, 0.4) is 0 Å². The molecule has 5 heteroatoms. The van der Waals surface area contributed by atoms with Gasteiger partial charge in [-0.15, -0.1) is 0 Å². The number of halogens is 1. The number of aromatic nitrogens is 1. The lowest BCUT2D eigenvalue weighted by molar-refractivity contribution is 0.0944. The van der Waals surface area contributed by atoms with Crippen molar-refractivity contribution in [2.75, 3.05) is 18.4 Å². The van der Waals surface area contributed by atoms with E-state index in [-0.39, 0.29) is 11.5 Å². The molecule has 1 heterocycles. The predicted octanol–water partition coefficient (Wildman–Crippen LogP) is 3.21. The molecule has 2 atom stereocenters. The zero-order chi connectivity index (χ0) is 15.2. The molecule has 1 aliphatic carbocycles.